The van der Waals surface area contributed by atoms with E-state index in [1.165, 1.54) is 32.1 Å². The predicted molar refractivity (Wildman–Crippen MR) is 95.2 cm³/mol. The Labute approximate surface area is 145 Å². The lowest BCUT2D eigenvalue weighted by Crippen LogP contribution is -2.12. The van der Waals surface area contributed by atoms with Crippen LogP contribution in [0.1, 0.15) is 82.5 Å². The Morgan fingerprint density at radius 1 is 0.917 bits per heavy atom. The Kier molecular flexibility index (Phi) is 9.81. The van der Waals surface area contributed by atoms with Crippen LogP contribution in [0.5, 0.6) is 5.75 Å². The molecule has 4 nitrogen and oxygen atoms in total. The van der Waals surface area contributed by atoms with Crippen molar-refractivity contribution in [3.8, 4) is 5.75 Å². The molecule has 0 N–H and O–H groups in total. The van der Waals surface area contributed by atoms with Gasteiger partial charge in [-0.15, -0.1) is 0 Å². The van der Waals surface area contributed by atoms with Gasteiger partial charge in [0.15, 0.2) is 0 Å². The second kappa shape index (κ2) is 11.7. The summed E-state index contributed by atoms with van der Waals surface area (Å²) in [5.74, 6) is -0.129. The van der Waals surface area contributed by atoms with Crippen LogP contribution in [0.4, 0.5) is 0 Å². The number of hydrogen-bond acceptors (Lipinski definition) is 4. The van der Waals surface area contributed by atoms with Crippen molar-refractivity contribution in [2.24, 2.45) is 0 Å². The number of ether oxygens (including phenoxy) is 2. The van der Waals surface area contributed by atoms with Gasteiger partial charge >= 0.3 is 11.9 Å². The van der Waals surface area contributed by atoms with Crippen LogP contribution < -0.4 is 4.74 Å². The predicted octanol–water partition coefficient (Wildman–Crippen LogP) is 5.30. The molecule has 0 radical (unpaired) electrons. The van der Waals surface area contributed by atoms with Crippen LogP contribution in [0.3, 0.4) is 0 Å². The molecule has 0 atom stereocenters. The van der Waals surface area contributed by atoms with Gasteiger partial charge in [0.05, 0.1) is 11.7 Å². The van der Waals surface area contributed by atoms with Crippen LogP contribution in [0.25, 0.3) is 0 Å². The summed E-state index contributed by atoms with van der Waals surface area (Å²) >= 11 is 0. The molecule has 0 aliphatic heterocycles. The first kappa shape index (κ1) is 20.2. The minimum absolute atomic E-state index is 0.156. The van der Waals surface area contributed by atoms with Crippen LogP contribution in [0.15, 0.2) is 24.3 Å². The number of rotatable bonds is 11. The molecule has 24 heavy (non-hydrogen) atoms. The maximum absolute atomic E-state index is 11.8. The lowest BCUT2D eigenvalue weighted by atomic mass is 10.1. The topological polar surface area (TPSA) is 52.6 Å². The van der Waals surface area contributed by atoms with E-state index in [0.717, 1.165) is 12.8 Å². The van der Waals surface area contributed by atoms with E-state index >= 15 is 0 Å². The molecule has 0 spiro atoms. The third-order valence-electron chi connectivity index (χ3n) is 3.65. The lowest BCUT2D eigenvalue weighted by molar-refractivity contribution is -0.134. The van der Waals surface area contributed by atoms with Gasteiger partial charge in [0.1, 0.15) is 5.75 Å². The van der Waals surface area contributed by atoms with Crippen molar-refractivity contribution in [1.82, 2.24) is 0 Å². The zero-order valence-electron chi connectivity index (χ0n) is 15.2. The standard InChI is InChI=1S/C20H30O4/c1-4-5-6-7-8-9-10-11-19(21)24-18-14-12-17(13-15-18)20(22)23-16(2)3/h12-16H,4-11H2,1-3H3. The Balaban J connectivity index is 2.26. The highest BCUT2D eigenvalue weighted by Gasteiger charge is 2.10. The maximum atomic E-state index is 11.8. The summed E-state index contributed by atoms with van der Waals surface area (Å²) < 4.78 is 10.4. The van der Waals surface area contributed by atoms with Crippen LogP contribution in [0.2, 0.25) is 0 Å². The van der Waals surface area contributed by atoms with Gasteiger partial charge in [0.25, 0.3) is 0 Å². The molecule has 0 heterocycles. The summed E-state index contributed by atoms with van der Waals surface area (Å²) in [6.07, 6.45) is 8.47. The fourth-order valence-corrected chi connectivity index (χ4v) is 2.35. The van der Waals surface area contributed by atoms with Gasteiger partial charge in [-0.1, -0.05) is 45.4 Å². The third-order valence-corrected chi connectivity index (χ3v) is 3.65. The molecule has 0 aliphatic carbocycles. The lowest BCUT2D eigenvalue weighted by Gasteiger charge is -2.08. The number of hydrogen-bond donors (Lipinski definition) is 0. The largest absolute Gasteiger partial charge is 0.459 e. The average Bonchev–Trinajstić information content (AvgIpc) is 2.54. The van der Waals surface area contributed by atoms with Crippen molar-refractivity contribution >= 4 is 11.9 Å². The molecule has 0 bridgehead atoms. The van der Waals surface area contributed by atoms with Crippen molar-refractivity contribution in [3.05, 3.63) is 29.8 Å². The molecule has 0 fully saturated rings. The molecular weight excluding hydrogens is 304 g/mol. The zero-order valence-corrected chi connectivity index (χ0v) is 15.2. The fourth-order valence-electron chi connectivity index (χ4n) is 2.35. The van der Waals surface area contributed by atoms with Gasteiger partial charge in [-0.25, -0.2) is 4.79 Å². The summed E-state index contributed by atoms with van der Waals surface area (Å²) in [6, 6.07) is 6.47. The SMILES string of the molecule is CCCCCCCCCC(=O)Oc1ccc(C(=O)OC(C)C)cc1. The molecule has 0 aliphatic rings. The van der Waals surface area contributed by atoms with Gasteiger partial charge < -0.3 is 9.47 Å². The van der Waals surface area contributed by atoms with E-state index < -0.39 is 0 Å². The minimum Gasteiger partial charge on any atom is -0.459 e. The van der Waals surface area contributed by atoms with Gasteiger partial charge in [0, 0.05) is 6.42 Å². The van der Waals surface area contributed by atoms with E-state index in [-0.39, 0.29) is 18.0 Å². The van der Waals surface area contributed by atoms with Crippen LogP contribution in [-0.2, 0) is 9.53 Å². The van der Waals surface area contributed by atoms with E-state index in [2.05, 4.69) is 6.92 Å². The summed E-state index contributed by atoms with van der Waals surface area (Å²) in [6.45, 7) is 5.81. The fraction of sp³-hybridized carbons (Fsp3) is 0.600. The Morgan fingerprint density at radius 3 is 2.08 bits per heavy atom. The number of unbranched alkanes of at least 4 members (excludes halogenated alkanes) is 6. The van der Waals surface area contributed by atoms with Gasteiger partial charge in [0.2, 0.25) is 0 Å². The molecule has 0 aromatic heterocycles. The molecule has 0 saturated heterocycles. The summed E-state index contributed by atoms with van der Waals surface area (Å²) in [5, 5.41) is 0. The van der Waals surface area contributed by atoms with Crippen molar-refractivity contribution in [2.45, 2.75) is 78.2 Å². The first-order valence-corrected chi connectivity index (χ1v) is 9.04. The summed E-state index contributed by atoms with van der Waals surface area (Å²) in [4.78, 5) is 23.5. The number of carbonyl (C=O) groups is 2. The first-order chi connectivity index (χ1) is 11.5. The Bertz CT molecular complexity index is 491. The number of esters is 2. The normalized spacial score (nSPS) is 10.7. The van der Waals surface area contributed by atoms with Crippen molar-refractivity contribution < 1.29 is 19.1 Å². The molecule has 1 aromatic carbocycles. The quantitative estimate of drug-likeness (QED) is 0.313. The molecule has 1 rings (SSSR count). The van der Waals surface area contributed by atoms with Gasteiger partial charge in [-0.3, -0.25) is 4.79 Å². The Morgan fingerprint density at radius 2 is 1.50 bits per heavy atom. The Hall–Kier alpha value is -1.84. The molecule has 4 heteroatoms. The van der Waals surface area contributed by atoms with E-state index in [4.69, 9.17) is 9.47 Å². The van der Waals surface area contributed by atoms with Crippen molar-refractivity contribution in [2.75, 3.05) is 0 Å². The van der Waals surface area contributed by atoms with Crippen LogP contribution in [0, 0.1) is 0 Å². The summed E-state index contributed by atoms with van der Waals surface area (Å²) in [7, 11) is 0. The second-order valence-electron chi connectivity index (χ2n) is 6.32. The first-order valence-electron chi connectivity index (χ1n) is 9.04. The highest BCUT2D eigenvalue weighted by molar-refractivity contribution is 5.89. The zero-order chi connectivity index (χ0) is 17.8. The number of carbonyl (C=O) groups excluding carboxylic acids is 2. The minimum atomic E-state index is -0.369. The highest BCUT2D eigenvalue weighted by atomic mass is 16.5. The molecule has 0 unspecified atom stereocenters. The highest BCUT2D eigenvalue weighted by Crippen LogP contribution is 2.15. The van der Waals surface area contributed by atoms with Gasteiger partial charge in [-0.05, 0) is 44.5 Å². The third kappa shape index (κ3) is 8.70. The molecule has 1 aromatic rings. The summed E-state index contributed by atoms with van der Waals surface area (Å²) in [5.41, 5.74) is 0.454. The maximum Gasteiger partial charge on any atom is 0.338 e. The number of benzene rings is 1. The van der Waals surface area contributed by atoms with Crippen LogP contribution in [-0.4, -0.2) is 18.0 Å². The molecule has 134 valence electrons. The van der Waals surface area contributed by atoms with E-state index in [1.54, 1.807) is 38.1 Å². The molecular formula is C20H30O4. The monoisotopic (exact) mass is 334 g/mol. The molecule has 0 saturated carbocycles. The van der Waals surface area contributed by atoms with Crippen LogP contribution >= 0.6 is 0 Å². The van der Waals surface area contributed by atoms with Gasteiger partial charge in [-0.2, -0.15) is 0 Å². The average molecular weight is 334 g/mol. The van der Waals surface area contributed by atoms with E-state index in [9.17, 15) is 9.59 Å². The van der Waals surface area contributed by atoms with E-state index in [1.807, 2.05) is 0 Å². The van der Waals surface area contributed by atoms with Crippen molar-refractivity contribution in [1.29, 1.82) is 0 Å². The second-order valence-corrected chi connectivity index (χ2v) is 6.32. The smallest absolute Gasteiger partial charge is 0.338 e. The molecule has 0 amide bonds. The van der Waals surface area contributed by atoms with E-state index in [0.29, 0.717) is 17.7 Å². The van der Waals surface area contributed by atoms with Crippen molar-refractivity contribution in [3.63, 3.8) is 0 Å².